The zero-order valence-corrected chi connectivity index (χ0v) is 15.8. The maximum Gasteiger partial charge on any atom is 0.119 e. The Morgan fingerprint density at radius 2 is 1.46 bits per heavy atom. The first-order valence-electron chi connectivity index (χ1n) is 10.5. The van der Waals surface area contributed by atoms with Gasteiger partial charge in [0.05, 0.1) is 6.10 Å². The third-order valence-electron chi connectivity index (χ3n) is 6.80. The van der Waals surface area contributed by atoms with Crippen LogP contribution in [0.25, 0.3) is 0 Å². The molecule has 0 saturated heterocycles. The second kappa shape index (κ2) is 8.92. The molecule has 0 heterocycles. The van der Waals surface area contributed by atoms with Crippen molar-refractivity contribution in [2.75, 3.05) is 0 Å². The second-order valence-electron chi connectivity index (χ2n) is 8.38. The minimum absolute atomic E-state index is 0.355. The van der Waals surface area contributed by atoms with Gasteiger partial charge in [-0.25, -0.2) is 0 Å². The fraction of sp³-hybridized carbons (Fsp3) is 0.739. The summed E-state index contributed by atoms with van der Waals surface area (Å²) in [7, 11) is 0. The number of hydrogen-bond donors (Lipinski definition) is 0. The quantitative estimate of drug-likeness (QED) is 0.554. The molecule has 0 radical (unpaired) electrons. The molecule has 24 heavy (non-hydrogen) atoms. The predicted octanol–water partition coefficient (Wildman–Crippen LogP) is 6.87. The molecule has 0 bridgehead atoms. The summed E-state index contributed by atoms with van der Waals surface area (Å²) < 4.78 is 6.18. The molecular formula is C23H36O. The van der Waals surface area contributed by atoms with Gasteiger partial charge in [0, 0.05) is 0 Å². The van der Waals surface area contributed by atoms with Gasteiger partial charge in [0.2, 0.25) is 0 Å². The van der Waals surface area contributed by atoms with Gasteiger partial charge in [0.15, 0.2) is 0 Å². The smallest absolute Gasteiger partial charge is 0.119 e. The number of benzene rings is 1. The van der Waals surface area contributed by atoms with Gasteiger partial charge in [-0.1, -0.05) is 50.8 Å². The van der Waals surface area contributed by atoms with E-state index in [1.807, 2.05) is 0 Å². The summed E-state index contributed by atoms with van der Waals surface area (Å²) in [6.07, 6.45) is 14.8. The number of rotatable bonds is 6. The van der Waals surface area contributed by atoms with Crippen molar-refractivity contribution in [2.45, 2.75) is 84.2 Å². The summed E-state index contributed by atoms with van der Waals surface area (Å²) in [6.45, 7) is 4.61. The SMILES string of the molecule is CCC[C@H]1CC[C@H](C2CCC(C(C)Oc3ccccc3)CC2)CC1. The molecule has 3 rings (SSSR count). The number of para-hydroxylation sites is 1. The molecule has 1 atom stereocenters. The van der Waals surface area contributed by atoms with Crippen LogP contribution in [0.5, 0.6) is 5.75 Å². The van der Waals surface area contributed by atoms with Crippen LogP contribution in [0.3, 0.4) is 0 Å². The normalized spacial score (nSPS) is 32.2. The van der Waals surface area contributed by atoms with Crippen LogP contribution in [0, 0.1) is 23.7 Å². The predicted molar refractivity (Wildman–Crippen MR) is 102 cm³/mol. The molecular weight excluding hydrogens is 292 g/mol. The molecule has 1 aromatic rings. The summed E-state index contributed by atoms with van der Waals surface area (Å²) in [6, 6.07) is 10.3. The Bertz CT molecular complexity index is 452. The first kappa shape index (κ1) is 17.8. The van der Waals surface area contributed by atoms with Crippen LogP contribution < -0.4 is 4.74 Å². The van der Waals surface area contributed by atoms with Crippen LogP contribution in [0.4, 0.5) is 0 Å². The van der Waals surface area contributed by atoms with E-state index in [2.05, 4.69) is 44.2 Å². The van der Waals surface area contributed by atoms with Gasteiger partial charge in [-0.15, -0.1) is 0 Å². The standard InChI is InChI=1S/C23H36O/c1-3-7-19-10-12-21(13-11-19)22-16-14-20(15-17-22)18(2)24-23-8-5-4-6-9-23/h4-6,8-9,18-22H,3,7,10-17H2,1-2H3/t18?,19-,20?,21-,22?. The second-order valence-corrected chi connectivity index (χ2v) is 8.38. The van der Waals surface area contributed by atoms with E-state index in [4.69, 9.17) is 4.74 Å². The van der Waals surface area contributed by atoms with Crippen molar-refractivity contribution >= 4 is 0 Å². The lowest BCUT2D eigenvalue weighted by Gasteiger charge is -2.39. The Hall–Kier alpha value is -0.980. The minimum Gasteiger partial charge on any atom is -0.490 e. The van der Waals surface area contributed by atoms with Gasteiger partial charge in [-0.05, 0) is 81.3 Å². The van der Waals surface area contributed by atoms with E-state index in [1.165, 1.54) is 64.2 Å². The third kappa shape index (κ3) is 4.77. The molecule has 0 amide bonds. The Balaban J connectivity index is 1.41. The molecule has 1 nitrogen and oxygen atoms in total. The Morgan fingerprint density at radius 3 is 2.04 bits per heavy atom. The Labute approximate surface area is 149 Å². The molecule has 0 N–H and O–H groups in total. The van der Waals surface area contributed by atoms with Crippen molar-refractivity contribution in [3.05, 3.63) is 30.3 Å². The van der Waals surface area contributed by atoms with E-state index >= 15 is 0 Å². The summed E-state index contributed by atoms with van der Waals surface area (Å²) >= 11 is 0. The van der Waals surface area contributed by atoms with Crippen molar-refractivity contribution in [2.24, 2.45) is 23.7 Å². The van der Waals surface area contributed by atoms with Crippen molar-refractivity contribution in [1.82, 2.24) is 0 Å². The van der Waals surface area contributed by atoms with Gasteiger partial charge in [0.1, 0.15) is 5.75 Å². The monoisotopic (exact) mass is 328 g/mol. The first-order valence-corrected chi connectivity index (χ1v) is 10.5. The van der Waals surface area contributed by atoms with E-state index in [0.29, 0.717) is 6.10 Å². The maximum atomic E-state index is 6.18. The fourth-order valence-electron chi connectivity index (χ4n) is 5.25. The molecule has 0 aliphatic heterocycles. The fourth-order valence-corrected chi connectivity index (χ4v) is 5.25. The van der Waals surface area contributed by atoms with E-state index in [1.54, 1.807) is 0 Å². The highest BCUT2D eigenvalue weighted by molar-refractivity contribution is 5.21. The van der Waals surface area contributed by atoms with Crippen molar-refractivity contribution in [3.63, 3.8) is 0 Å². The van der Waals surface area contributed by atoms with Crippen LogP contribution in [-0.2, 0) is 0 Å². The largest absolute Gasteiger partial charge is 0.490 e. The number of ether oxygens (including phenoxy) is 1. The van der Waals surface area contributed by atoms with Crippen LogP contribution in [0.15, 0.2) is 30.3 Å². The maximum absolute atomic E-state index is 6.18. The van der Waals surface area contributed by atoms with Gasteiger partial charge in [-0.2, -0.15) is 0 Å². The van der Waals surface area contributed by atoms with E-state index in [0.717, 1.165) is 29.4 Å². The Kier molecular flexibility index (Phi) is 6.63. The molecule has 2 aliphatic carbocycles. The summed E-state index contributed by atoms with van der Waals surface area (Å²) in [5.74, 6) is 4.86. The van der Waals surface area contributed by atoms with Crippen molar-refractivity contribution in [1.29, 1.82) is 0 Å². The average molecular weight is 329 g/mol. The molecule has 0 aromatic heterocycles. The van der Waals surface area contributed by atoms with Gasteiger partial charge >= 0.3 is 0 Å². The van der Waals surface area contributed by atoms with Gasteiger partial charge < -0.3 is 4.74 Å². The highest BCUT2D eigenvalue weighted by Crippen LogP contribution is 2.43. The molecule has 2 saturated carbocycles. The summed E-state index contributed by atoms with van der Waals surface area (Å²) in [5.41, 5.74) is 0. The van der Waals surface area contributed by atoms with E-state index in [9.17, 15) is 0 Å². The van der Waals surface area contributed by atoms with E-state index in [-0.39, 0.29) is 0 Å². The molecule has 2 fully saturated rings. The zero-order chi connectivity index (χ0) is 16.8. The van der Waals surface area contributed by atoms with Crippen molar-refractivity contribution in [3.8, 4) is 5.75 Å². The number of hydrogen-bond acceptors (Lipinski definition) is 1. The van der Waals surface area contributed by atoms with Crippen LogP contribution >= 0.6 is 0 Å². The summed E-state index contributed by atoms with van der Waals surface area (Å²) in [5, 5.41) is 0. The van der Waals surface area contributed by atoms with Gasteiger partial charge in [0.25, 0.3) is 0 Å². The lowest BCUT2D eigenvalue weighted by molar-refractivity contribution is 0.0824. The lowest BCUT2D eigenvalue weighted by atomic mass is 9.68. The third-order valence-corrected chi connectivity index (χ3v) is 6.80. The molecule has 0 spiro atoms. The highest BCUT2D eigenvalue weighted by atomic mass is 16.5. The minimum atomic E-state index is 0.355. The van der Waals surface area contributed by atoms with E-state index < -0.39 is 0 Å². The molecule has 1 aromatic carbocycles. The van der Waals surface area contributed by atoms with Crippen LogP contribution in [0.2, 0.25) is 0 Å². The van der Waals surface area contributed by atoms with Crippen LogP contribution in [0.1, 0.15) is 78.1 Å². The van der Waals surface area contributed by atoms with Crippen molar-refractivity contribution < 1.29 is 4.74 Å². The Morgan fingerprint density at radius 1 is 0.875 bits per heavy atom. The summed E-state index contributed by atoms with van der Waals surface area (Å²) in [4.78, 5) is 0. The average Bonchev–Trinajstić information content (AvgIpc) is 2.64. The molecule has 1 unspecified atom stereocenters. The highest BCUT2D eigenvalue weighted by Gasteiger charge is 2.32. The van der Waals surface area contributed by atoms with Crippen LogP contribution in [-0.4, -0.2) is 6.10 Å². The lowest BCUT2D eigenvalue weighted by Crippen LogP contribution is -2.31. The topological polar surface area (TPSA) is 9.23 Å². The zero-order valence-electron chi connectivity index (χ0n) is 15.8. The molecule has 2 aliphatic rings. The van der Waals surface area contributed by atoms with Gasteiger partial charge in [-0.3, -0.25) is 0 Å². The molecule has 134 valence electrons. The molecule has 1 heteroatoms. The first-order chi connectivity index (χ1) is 11.8.